The number of nitrogens with one attached hydrogen (secondary N) is 1. The van der Waals surface area contributed by atoms with Crippen molar-refractivity contribution in [1.29, 1.82) is 0 Å². The molecule has 24 heavy (non-hydrogen) atoms. The van der Waals surface area contributed by atoms with Crippen molar-refractivity contribution in [3.8, 4) is 5.75 Å². The van der Waals surface area contributed by atoms with E-state index in [4.69, 9.17) is 4.74 Å². The average Bonchev–Trinajstić information content (AvgIpc) is 2.96. The lowest BCUT2D eigenvalue weighted by Crippen LogP contribution is -2.11. The van der Waals surface area contributed by atoms with Gasteiger partial charge in [-0.15, -0.1) is 0 Å². The van der Waals surface area contributed by atoms with Gasteiger partial charge >= 0.3 is 0 Å². The van der Waals surface area contributed by atoms with Crippen LogP contribution in [0.4, 0.5) is 15.2 Å². The summed E-state index contributed by atoms with van der Waals surface area (Å²) in [6.07, 6.45) is 0. The van der Waals surface area contributed by atoms with Gasteiger partial charge in [0, 0.05) is 11.6 Å². The van der Waals surface area contributed by atoms with E-state index in [-0.39, 0.29) is 22.1 Å². The summed E-state index contributed by atoms with van der Waals surface area (Å²) in [6.45, 7) is 0. The van der Waals surface area contributed by atoms with Crippen LogP contribution in [0.25, 0.3) is 10.2 Å². The summed E-state index contributed by atoms with van der Waals surface area (Å²) in [5.74, 6) is -0.812. The lowest BCUT2D eigenvalue weighted by molar-refractivity contribution is -0.384. The predicted molar refractivity (Wildman–Crippen MR) is 87.2 cm³/mol. The third kappa shape index (κ3) is 3.01. The molecule has 122 valence electrons. The second-order valence-electron chi connectivity index (χ2n) is 4.74. The van der Waals surface area contributed by atoms with Gasteiger partial charge in [0.25, 0.3) is 11.6 Å². The van der Waals surface area contributed by atoms with Gasteiger partial charge in [0.2, 0.25) is 0 Å². The minimum absolute atomic E-state index is 0.133. The van der Waals surface area contributed by atoms with E-state index in [1.54, 1.807) is 0 Å². The highest BCUT2D eigenvalue weighted by molar-refractivity contribution is 7.22. The fourth-order valence-electron chi connectivity index (χ4n) is 2.10. The zero-order valence-corrected chi connectivity index (χ0v) is 13.1. The number of anilines is 1. The molecule has 3 rings (SSSR count). The fourth-order valence-corrected chi connectivity index (χ4v) is 3.01. The third-order valence-corrected chi connectivity index (χ3v) is 4.10. The van der Waals surface area contributed by atoms with Gasteiger partial charge in [0.15, 0.2) is 10.9 Å². The summed E-state index contributed by atoms with van der Waals surface area (Å²) >= 11 is 1.06. The van der Waals surface area contributed by atoms with E-state index in [1.807, 2.05) is 0 Å². The van der Waals surface area contributed by atoms with E-state index in [9.17, 15) is 19.3 Å². The molecule has 0 bridgehead atoms. The minimum atomic E-state index is -0.535. The van der Waals surface area contributed by atoms with Crippen LogP contribution in [0.5, 0.6) is 5.75 Å². The van der Waals surface area contributed by atoms with Crippen LogP contribution in [0.15, 0.2) is 36.4 Å². The molecular formula is C15H10FN3O4S. The molecule has 1 N–H and O–H groups in total. The van der Waals surface area contributed by atoms with Crippen LogP contribution in [-0.2, 0) is 0 Å². The quantitative estimate of drug-likeness (QED) is 0.575. The lowest BCUT2D eigenvalue weighted by atomic mass is 10.2. The number of hydrogen-bond acceptors (Lipinski definition) is 6. The van der Waals surface area contributed by atoms with Crippen LogP contribution in [-0.4, -0.2) is 22.9 Å². The molecule has 9 heteroatoms. The molecule has 0 aliphatic rings. The Balaban J connectivity index is 1.96. The number of amides is 1. The van der Waals surface area contributed by atoms with Gasteiger partial charge in [-0.3, -0.25) is 20.2 Å². The third-order valence-electron chi connectivity index (χ3n) is 3.18. The lowest BCUT2D eigenvalue weighted by Gasteiger charge is -2.01. The van der Waals surface area contributed by atoms with Gasteiger partial charge in [0.05, 0.1) is 22.8 Å². The second kappa shape index (κ2) is 6.20. The first-order valence-corrected chi connectivity index (χ1v) is 7.49. The summed E-state index contributed by atoms with van der Waals surface area (Å²) < 4.78 is 18.8. The molecule has 0 radical (unpaired) electrons. The SMILES string of the molecule is COc1cc([N+](=O)[O-])cc2sc(NC(=O)c3cccc(F)c3)nc12. The van der Waals surface area contributed by atoms with Gasteiger partial charge in [-0.25, -0.2) is 9.37 Å². The highest BCUT2D eigenvalue weighted by Gasteiger charge is 2.17. The molecule has 0 fully saturated rings. The summed E-state index contributed by atoms with van der Waals surface area (Å²) in [5.41, 5.74) is 0.417. The number of benzene rings is 2. The number of methoxy groups -OCH3 is 1. The standard InChI is InChI=1S/C15H10FN3O4S/c1-23-11-6-10(19(21)22)7-12-13(11)17-15(24-12)18-14(20)8-3-2-4-9(16)5-8/h2-7H,1H3,(H,17,18,20). The Bertz CT molecular complexity index is 957. The Labute approximate surface area is 138 Å². The number of non-ortho nitro benzene ring substituents is 1. The van der Waals surface area contributed by atoms with Gasteiger partial charge < -0.3 is 4.74 Å². The highest BCUT2D eigenvalue weighted by atomic mass is 32.1. The van der Waals surface area contributed by atoms with Gasteiger partial charge in [0.1, 0.15) is 11.3 Å². The Morgan fingerprint density at radius 1 is 1.38 bits per heavy atom. The number of carbonyl (C=O) groups excluding carboxylic acids is 1. The van der Waals surface area contributed by atoms with E-state index in [0.29, 0.717) is 10.2 Å². The summed E-state index contributed by atoms with van der Waals surface area (Å²) in [5, 5.41) is 13.7. The summed E-state index contributed by atoms with van der Waals surface area (Å²) in [7, 11) is 1.38. The average molecular weight is 347 g/mol. The van der Waals surface area contributed by atoms with E-state index in [0.717, 1.165) is 17.4 Å². The first-order chi connectivity index (χ1) is 11.5. The number of thiazole rings is 1. The molecule has 0 aliphatic carbocycles. The largest absolute Gasteiger partial charge is 0.494 e. The molecule has 1 aromatic heterocycles. The number of hydrogen-bond donors (Lipinski definition) is 1. The van der Waals surface area contributed by atoms with Crippen molar-refractivity contribution in [1.82, 2.24) is 4.98 Å². The van der Waals surface area contributed by atoms with Gasteiger partial charge in [-0.2, -0.15) is 0 Å². The molecule has 7 nitrogen and oxygen atoms in total. The zero-order chi connectivity index (χ0) is 17.3. The molecule has 0 atom stereocenters. The van der Waals surface area contributed by atoms with Crippen molar-refractivity contribution in [2.75, 3.05) is 12.4 Å². The van der Waals surface area contributed by atoms with E-state index < -0.39 is 16.6 Å². The van der Waals surface area contributed by atoms with Crippen molar-refractivity contribution in [2.24, 2.45) is 0 Å². The molecule has 0 unspecified atom stereocenters. The van der Waals surface area contributed by atoms with Crippen molar-refractivity contribution in [3.63, 3.8) is 0 Å². The van der Waals surface area contributed by atoms with Crippen molar-refractivity contribution in [2.45, 2.75) is 0 Å². The number of nitro groups is 1. The fraction of sp³-hybridized carbons (Fsp3) is 0.0667. The second-order valence-corrected chi connectivity index (χ2v) is 5.77. The number of fused-ring (bicyclic) bond motifs is 1. The van der Waals surface area contributed by atoms with E-state index >= 15 is 0 Å². The van der Waals surface area contributed by atoms with E-state index in [1.165, 1.54) is 37.4 Å². The van der Waals surface area contributed by atoms with Crippen molar-refractivity contribution < 1.29 is 18.8 Å². The van der Waals surface area contributed by atoms with E-state index in [2.05, 4.69) is 10.3 Å². The normalized spacial score (nSPS) is 10.6. The highest BCUT2D eigenvalue weighted by Crippen LogP contribution is 2.36. The molecule has 0 saturated heterocycles. The first kappa shape index (κ1) is 15.8. The van der Waals surface area contributed by atoms with Crippen molar-refractivity contribution >= 4 is 38.3 Å². The van der Waals surface area contributed by atoms with Crippen molar-refractivity contribution in [3.05, 3.63) is 57.9 Å². The molecular weight excluding hydrogens is 337 g/mol. The zero-order valence-electron chi connectivity index (χ0n) is 12.3. The maximum atomic E-state index is 13.2. The number of aromatic nitrogens is 1. The number of nitro benzene ring substituents is 1. The number of nitrogens with zero attached hydrogens (tertiary/aromatic N) is 2. The monoisotopic (exact) mass is 347 g/mol. The molecule has 2 aromatic carbocycles. The summed E-state index contributed by atoms with van der Waals surface area (Å²) in [6, 6.07) is 7.85. The Hall–Kier alpha value is -3.07. The van der Waals surface area contributed by atoms with Crippen LogP contribution >= 0.6 is 11.3 Å². The van der Waals surface area contributed by atoms with Crippen LogP contribution in [0.3, 0.4) is 0 Å². The maximum Gasteiger partial charge on any atom is 0.274 e. The number of rotatable bonds is 4. The number of halogens is 1. The topological polar surface area (TPSA) is 94.4 Å². The Morgan fingerprint density at radius 2 is 2.17 bits per heavy atom. The van der Waals surface area contributed by atoms with Gasteiger partial charge in [-0.1, -0.05) is 17.4 Å². The molecule has 0 saturated carbocycles. The van der Waals surface area contributed by atoms with Gasteiger partial charge in [-0.05, 0) is 18.2 Å². The molecule has 0 aliphatic heterocycles. The predicted octanol–water partition coefficient (Wildman–Crippen LogP) is 3.60. The molecule has 0 spiro atoms. The molecule has 1 amide bonds. The molecule has 1 heterocycles. The Morgan fingerprint density at radius 3 is 2.83 bits per heavy atom. The number of ether oxygens (including phenoxy) is 1. The van der Waals surface area contributed by atoms with Crippen LogP contribution in [0.2, 0.25) is 0 Å². The maximum absolute atomic E-state index is 13.2. The smallest absolute Gasteiger partial charge is 0.274 e. The van der Waals surface area contributed by atoms with Crippen LogP contribution < -0.4 is 10.1 Å². The van der Waals surface area contributed by atoms with Crippen LogP contribution in [0.1, 0.15) is 10.4 Å². The first-order valence-electron chi connectivity index (χ1n) is 6.68. The molecule has 3 aromatic rings. The Kier molecular flexibility index (Phi) is 4.09. The number of carbonyl (C=O) groups is 1. The summed E-state index contributed by atoms with van der Waals surface area (Å²) in [4.78, 5) is 26.7. The minimum Gasteiger partial charge on any atom is -0.494 e. The van der Waals surface area contributed by atoms with Crippen LogP contribution in [0, 0.1) is 15.9 Å².